The molecule has 3 amide bonds. The zero-order chi connectivity index (χ0) is 31.1. The van der Waals surface area contributed by atoms with Crippen LogP contribution in [0.15, 0.2) is 36.4 Å². The number of nitrogens with one attached hydrogen (secondary N) is 2. The molecular formula is C27H30Cl2F6N4O3. The van der Waals surface area contributed by atoms with Crippen molar-refractivity contribution in [3.05, 3.63) is 63.1 Å². The second kappa shape index (κ2) is 14.5. The Morgan fingerprint density at radius 2 is 1.55 bits per heavy atom. The molecule has 232 valence electrons. The number of ether oxygens (including phenoxy) is 1. The van der Waals surface area contributed by atoms with E-state index in [1.54, 1.807) is 23.1 Å². The maximum Gasteiger partial charge on any atom is 0.416 e. The number of amides is 3. The number of hydrogen-bond donors (Lipinski definition) is 2. The lowest BCUT2D eigenvalue weighted by Gasteiger charge is -2.34. The second-order valence-corrected chi connectivity index (χ2v) is 10.5. The Kier molecular flexibility index (Phi) is 11.6. The monoisotopic (exact) mass is 642 g/mol. The fourth-order valence-electron chi connectivity index (χ4n) is 4.34. The number of benzene rings is 2. The van der Waals surface area contributed by atoms with Crippen molar-refractivity contribution in [2.45, 2.75) is 38.0 Å². The highest BCUT2D eigenvalue weighted by Gasteiger charge is 2.37. The first kappa shape index (κ1) is 33.6. The molecule has 1 fully saturated rings. The number of urea groups is 1. The molecule has 1 aliphatic heterocycles. The van der Waals surface area contributed by atoms with Gasteiger partial charge in [0.15, 0.2) is 0 Å². The summed E-state index contributed by atoms with van der Waals surface area (Å²) in [7, 11) is 0. The van der Waals surface area contributed by atoms with Crippen molar-refractivity contribution in [3.8, 4) is 0 Å². The third-order valence-electron chi connectivity index (χ3n) is 6.62. The molecular weight excluding hydrogens is 613 g/mol. The topological polar surface area (TPSA) is 73.9 Å². The number of alkyl halides is 6. The molecule has 15 heteroatoms. The van der Waals surface area contributed by atoms with Gasteiger partial charge in [0, 0.05) is 44.3 Å². The maximum absolute atomic E-state index is 13.2. The molecule has 0 aliphatic carbocycles. The van der Waals surface area contributed by atoms with Crippen molar-refractivity contribution in [2.24, 2.45) is 0 Å². The van der Waals surface area contributed by atoms with Gasteiger partial charge in [-0.25, -0.2) is 9.59 Å². The van der Waals surface area contributed by atoms with Crippen molar-refractivity contribution in [1.82, 2.24) is 15.1 Å². The van der Waals surface area contributed by atoms with Crippen molar-refractivity contribution < 1.29 is 40.7 Å². The largest absolute Gasteiger partial charge is 0.449 e. The summed E-state index contributed by atoms with van der Waals surface area (Å²) < 4.78 is 84.2. The molecule has 3 rings (SSSR count). The average Bonchev–Trinajstić information content (AvgIpc) is 2.92. The van der Waals surface area contributed by atoms with Gasteiger partial charge in [-0.2, -0.15) is 26.3 Å². The Labute approximate surface area is 249 Å². The molecule has 1 aliphatic rings. The Morgan fingerprint density at radius 3 is 2.10 bits per heavy atom. The van der Waals surface area contributed by atoms with Crippen LogP contribution in [0.5, 0.6) is 0 Å². The zero-order valence-electron chi connectivity index (χ0n) is 22.5. The standard InChI is InChI=1S/C27H30Cl2F6N4O3/c1-2-11-42-25(41)39-9-7-38(8-10-39)6-5-18(17-3-4-22(28)23(29)12-17)16-36-24(40)37-21-14-19(26(30,31)32)13-20(15-21)27(33,34)35/h3-4,12-15,18H,2,5-11,16H2,1H3,(H2,36,37,40). The summed E-state index contributed by atoms with van der Waals surface area (Å²) in [4.78, 5) is 28.4. The molecule has 1 saturated heterocycles. The molecule has 0 spiro atoms. The molecule has 0 bridgehead atoms. The van der Waals surface area contributed by atoms with E-state index in [9.17, 15) is 35.9 Å². The Bertz CT molecular complexity index is 1210. The van der Waals surface area contributed by atoms with Gasteiger partial charge in [-0.1, -0.05) is 36.2 Å². The Morgan fingerprint density at radius 1 is 0.929 bits per heavy atom. The summed E-state index contributed by atoms with van der Waals surface area (Å²) in [5.74, 6) is -0.328. The molecule has 0 saturated carbocycles. The molecule has 2 aromatic carbocycles. The summed E-state index contributed by atoms with van der Waals surface area (Å²) in [5.41, 5.74) is -3.01. The van der Waals surface area contributed by atoms with E-state index < -0.39 is 35.2 Å². The van der Waals surface area contributed by atoms with Gasteiger partial charge in [0.1, 0.15) is 0 Å². The molecule has 42 heavy (non-hydrogen) atoms. The van der Waals surface area contributed by atoms with Crippen molar-refractivity contribution >= 4 is 41.0 Å². The lowest BCUT2D eigenvalue weighted by Crippen LogP contribution is -2.49. The number of halogens is 8. The molecule has 1 unspecified atom stereocenters. The van der Waals surface area contributed by atoms with Gasteiger partial charge in [0.2, 0.25) is 0 Å². The van der Waals surface area contributed by atoms with Crippen LogP contribution in [0, 0.1) is 0 Å². The van der Waals surface area contributed by atoms with E-state index >= 15 is 0 Å². The summed E-state index contributed by atoms with van der Waals surface area (Å²) >= 11 is 12.2. The van der Waals surface area contributed by atoms with E-state index in [2.05, 4.69) is 15.5 Å². The molecule has 2 N–H and O–H groups in total. The molecule has 1 heterocycles. The highest BCUT2D eigenvalue weighted by molar-refractivity contribution is 6.42. The Hall–Kier alpha value is -2.90. The maximum atomic E-state index is 13.2. The van der Waals surface area contributed by atoms with E-state index in [0.717, 1.165) is 12.0 Å². The first-order valence-corrected chi connectivity index (χ1v) is 13.9. The van der Waals surface area contributed by atoms with E-state index in [1.165, 1.54) is 0 Å². The fourth-order valence-corrected chi connectivity index (χ4v) is 4.65. The van der Waals surface area contributed by atoms with Gasteiger partial charge in [0.25, 0.3) is 0 Å². The molecule has 2 aromatic rings. The van der Waals surface area contributed by atoms with Crippen LogP contribution in [-0.4, -0.2) is 67.8 Å². The first-order valence-electron chi connectivity index (χ1n) is 13.1. The highest BCUT2D eigenvalue weighted by atomic mass is 35.5. The van der Waals surface area contributed by atoms with Crippen molar-refractivity contribution in [1.29, 1.82) is 0 Å². The predicted molar refractivity (Wildman–Crippen MR) is 147 cm³/mol. The van der Waals surface area contributed by atoms with Gasteiger partial charge in [-0.3, -0.25) is 4.90 Å². The van der Waals surface area contributed by atoms with Gasteiger partial charge in [-0.05, 0) is 55.3 Å². The fraction of sp³-hybridized carbons (Fsp3) is 0.481. The van der Waals surface area contributed by atoms with Crippen LogP contribution in [0.2, 0.25) is 10.0 Å². The molecule has 7 nitrogen and oxygen atoms in total. The summed E-state index contributed by atoms with van der Waals surface area (Å²) in [6.45, 7) is 4.99. The quantitative estimate of drug-likeness (QED) is 0.278. The van der Waals surface area contributed by atoms with Crippen LogP contribution in [0.1, 0.15) is 42.4 Å². The highest BCUT2D eigenvalue weighted by Crippen LogP contribution is 2.37. The van der Waals surface area contributed by atoms with Crippen LogP contribution in [-0.2, 0) is 17.1 Å². The smallest absolute Gasteiger partial charge is 0.416 e. The lowest BCUT2D eigenvalue weighted by molar-refractivity contribution is -0.143. The average molecular weight is 643 g/mol. The summed E-state index contributed by atoms with van der Waals surface area (Å²) in [6, 6.07) is 4.82. The number of piperazine rings is 1. The summed E-state index contributed by atoms with van der Waals surface area (Å²) in [6.07, 6.45) is -9.21. The second-order valence-electron chi connectivity index (χ2n) is 9.73. The number of hydrogen-bond acceptors (Lipinski definition) is 4. The lowest BCUT2D eigenvalue weighted by atomic mass is 9.95. The number of carbonyl (C=O) groups excluding carboxylic acids is 2. The van der Waals surface area contributed by atoms with Gasteiger partial charge in [-0.15, -0.1) is 0 Å². The minimum atomic E-state index is -5.05. The summed E-state index contributed by atoms with van der Waals surface area (Å²) in [5, 5.41) is 5.21. The van der Waals surface area contributed by atoms with E-state index in [0.29, 0.717) is 62.9 Å². The van der Waals surface area contributed by atoms with Crippen LogP contribution in [0.3, 0.4) is 0 Å². The van der Waals surface area contributed by atoms with Gasteiger partial charge >= 0.3 is 24.5 Å². The third kappa shape index (κ3) is 9.84. The number of carbonyl (C=O) groups is 2. The van der Waals surface area contributed by atoms with E-state index in [4.69, 9.17) is 27.9 Å². The van der Waals surface area contributed by atoms with Crippen molar-refractivity contribution in [2.75, 3.05) is 51.2 Å². The molecule has 1 atom stereocenters. The number of rotatable bonds is 9. The molecule has 0 radical (unpaired) electrons. The number of anilines is 1. The normalized spacial score (nSPS) is 15.3. The van der Waals surface area contributed by atoms with Crippen LogP contribution in [0.25, 0.3) is 0 Å². The minimum Gasteiger partial charge on any atom is -0.449 e. The number of nitrogens with zero attached hydrogens (tertiary/aromatic N) is 2. The van der Waals surface area contributed by atoms with Crippen LogP contribution in [0.4, 0.5) is 41.6 Å². The Balaban J connectivity index is 1.66. The third-order valence-corrected chi connectivity index (χ3v) is 7.36. The minimum absolute atomic E-state index is 0.00179. The van der Waals surface area contributed by atoms with E-state index in [1.807, 2.05) is 6.92 Å². The SMILES string of the molecule is CCCOC(=O)N1CCN(CCC(CNC(=O)Nc2cc(C(F)(F)F)cc(C(F)(F)F)c2)c2ccc(Cl)c(Cl)c2)CC1. The predicted octanol–water partition coefficient (Wildman–Crippen LogP) is 7.49. The van der Waals surface area contributed by atoms with Crippen LogP contribution >= 0.6 is 23.2 Å². The van der Waals surface area contributed by atoms with Crippen molar-refractivity contribution in [3.63, 3.8) is 0 Å². The van der Waals surface area contributed by atoms with Gasteiger partial charge < -0.3 is 20.3 Å². The van der Waals surface area contributed by atoms with Crippen LogP contribution < -0.4 is 10.6 Å². The van der Waals surface area contributed by atoms with E-state index in [-0.39, 0.29) is 29.6 Å². The van der Waals surface area contributed by atoms with Gasteiger partial charge in [0.05, 0.1) is 27.8 Å². The first-order chi connectivity index (χ1) is 19.7. The zero-order valence-corrected chi connectivity index (χ0v) is 24.1. The molecule has 0 aromatic heterocycles.